The lowest BCUT2D eigenvalue weighted by Gasteiger charge is -2.36. The van der Waals surface area contributed by atoms with Gasteiger partial charge in [-0.25, -0.2) is 9.37 Å². The number of piperazine rings is 1. The number of aromatic nitrogens is 1. The van der Waals surface area contributed by atoms with Gasteiger partial charge in [0.15, 0.2) is 0 Å². The highest BCUT2D eigenvalue weighted by Gasteiger charge is 2.24. The van der Waals surface area contributed by atoms with E-state index in [4.69, 9.17) is 11.6 Å². The van der Waals surface area contributed by atoms with Crippen LogP contribution in [0.3, 0.4) is 0 Å². The van der Waals surface area contributed by atoms with Crippen molar-refractivity contribution in [2.24, 2.45) is 0 Å². The van der Waals surface area contributed by atoms with Crippen molar-refractivity contribution in [3.63, 3.8) is 0 Å². The molecular weight excluding hydrogens is 451 g/mol. The van der Waals surface area contributed by atoms with E-state index in [1.165, 1.54) is 12.1 Å². The molecule has 1 amide bonds. The van der Waals surface area contributed by atoms with E-state index in [1.807, 2.05) is 54.3 Å². The van der Waals surface area contributed by atoms with Crippen molar-refractivity contribution in [2.75, 3.05) is 36.4 Å². The fourth-order valence-electron chi connectivity index (χ4n) is 4.26. The first kappa shape index (κ1) is 22.2. The van der Waals surface area contributed by atoms with Gasteiger partial charge >= 0.3 is 0 Å². The quantitative estimate of drug-likeness (QED) is 0.391. The molecule has 0 spiro atoms. The summed E-state index contributed by atoms with van der Waals surface area (Å²) in [5.74, 6) is 0.390. The molecule has 0 unspecified atom stereocenters. The van der Waals surface area contributed by atoms with Crippen LogP contribution in [-0.4, -0.2) is 42.0 Å². The van der Waals surface area contributed by atoms with Crippen LogP contribution in [0.5, 0.6) is 0 Å². The Labute approximate surface area is 202 Å². The van der Waals surface area contributed by atoms with Gasteiger partial charge in [-0.05, 0) is 54.3 Å². The maximum absolute atomic E-state index is 13.4. The third kappa shape index (κ3) is 4.41. The van der Waals surface area contributed by atoms with E-state index in [-0.39, 0.29) is 11.7 Å². The van der Waals surface area contributed by atoms with Crippen LogP contribution in [0.2, 0.25) is 5.02 Å². The highest BCUT2D eigenvalue weighted by molar-refractivity contribution is 6.31. The Morgan fingerprint density at radius 2 is 1.68 bits per heavy atom. The lowest BCUT2D eigenvalue weighted by atomic mass is 10.1. The van der Waals surface area contributed by atoms with Crippen molar-refractivity contribution < 1.29 is 9.18 Å². The molecule has 1 aromatic heterocycles. The maximum atomic E-state index is 13.4. The summed E-state index contributed by atoms with van der Waals surface area (Å²) in [5.41, 5.74) is 3.39. The van der Waals surface area contributed by atoms with Crippen LogP contribution in [0.25, 0.3) is 10.8 Å². The number of benzene rings is 3. The van der Waals surface area contributed by atoms with Crippen molar-refractivity contribution in [3.05, 3.63) is 94.9 Å². The first-order valence-corrected chi connectivity index (χ1v) is 11.6. The van der Waals surface area contributed by atoms with Crippen LogP contribution >= 0.6 is 11.6 Å². The number of pyridine rings is 1. The van der Waals surface area contributed by atoms with E-state index in [0.29, 0.717) is 42.6 Å². The maximum Gasteiger partial charge on any atom is 0.256 e. The Morgan fingerprint density at radius 1 is 0.971 bits per heavy atom. The molecule has 4 aromatic rings. The van der Waals surface area contributed by atoms with Crippen LogP contribution < -0.4 is 10.2 Å². The molecule has 0 aliphatic carbocycles. The van der Waals surface area contributed by atoms with Crippen LogP contribution in [0.4, 0.5) is 21.6 Å². The van der Waals surface area contributed by atoms with Crippen molar-refractivity contribution in [1.29, 1.82) is 0 Å². The lowest BCUT2D eigenvalue weighted by molar-refractivity contribution is 0.0748. The van der Waals surface area contributed by atoms with Crippen LogP contribution in [0, 0.1) is 12.7 Å². The number of carbonyl (C=O) groups excluding carboxylic acids is 1. The minimum atomic E-state index is -0.250. The number of hydrogen-bond acceptors (Lipinski definition) is 4. The molecule has 172 valence electrons. The average molecular weight is 475 g/mol. The number of nitrogens with one attached hydrogen (secondary N) is 1. The molecule has 1 N–H and O–H groups in total. The first-order chi connectivity index (χ1) is 16.5. The number of carbonyl (C=O) groups is 1. The van der Waals surface area contributed by atoms with Gasteiger partial charge < -0.3 is 15.1 Å². The molecule has 5 nitrogen and oxygen atoms in total. The SMILES string of the molecule is Cc1ccc(Nc2ncc(C(=O)N3CCN(c4ccc(F)cc4)CC3)c3ccccc23)cc1Cl. The molecule has 5 rings (SSSR count). The van der Waals surface area contributed by atoms with Crippen LogP contribution in [0.1, 0.15) is 15.9 Å². The van der Waals surface area contributed by atoms with E-state index in [0.717, 1.165) is 27.7 Å². The number of amides is 1. The molecule has 7 heteroatoms. The molecule has 0 atom stereocenters. The summed E-state index contributed by atoms with van der Waals surface area (Å²) in [6.07, 6.45) is 1.65. The third-order valence-corrected chi connectivity index (χ3v) is 6.63. The summed E-state index contributed by atoms with van der Waals surface area (Å²) in [7, 11) is 0. The fraction of sp³-hybridized carbons (Fsp3) is 0.185. The second-order valence-corrected chi connectivity index (χ2v) is 8.82. The lowest BCUT2D eigenvalue weighted by Crippen LogP contribution is -2.48. The number of nitrogens with zero attached hydrogens (tertiary/aromatic N) is 3. The van der Waals surface area contributed by atoms with Gasteiger partial charge in [0.2, 0.25) is 0 Å². The van der Waals surface area contributed by atoms with Gasteiger partial charge in [-0.1, -0.05) is 41.9 Å². The molecule has 3 aromatic carbocycles. The van der Waals surface area contributed by atoms with E-state index >= 15 is 0 Å². The van der Waals surface area contributed by atoms with Crippen molar-refractivity contribution in [3.8, 4) is 0 Å². The first-order valence-electron chi connectivity index (χ1n) is 11.2. The molecule has 1 fully saturated rings. The molecule has 0 radical (unpaired) electrons. The van der Waals surface area contributed by atoms with Gasteiger partial charge in [-0.3, -0.25) is 4.79 Å². The van der Waals surface area contributed by atoms with E-state index in [9.17, 15) is 9.18 Å². The van der Waals surface area contributed by atoms with E-state index in [2.05, 4.69) is 15.2 Å². The largest absolute Gasteiger partial charge is 0.368 e. The predicted octanol–water partition coefficient (Wildman–Crippen LogP) is 6.04. The van der Waals surface area contributed by atoms with E-state index in [1.54, 1.807) is 18.3 Å². The van der Waals surface area contributed by atoms with Gasteiger partial charge in [-0.2, -0.15) is 0 Å². The topological polar surface area (TPSA) is 48.5 Å². The number of fused-ring (bicyclic) bond motifs is 1. The highest BCUT2D eigenvalue weighted by atomic mass is 35.5. The second-order valence-electron chi connectivity index (χ2n) is 8.41. The number of rotatable bonds is 4. The predicted molar refractivity (Wildman–Crippen MR) is 136 cm³/mol. The van der Waals surface area contributed by atoms with Gasteiger partial charge in [0.05, 0.1) is 5.56 Å². The molecular formula is C27H24ClFN4O. The van der Waals surface area contributed by atoms with Crippen molar-refractivity contribution in [2.45, 2.75) is 6.92 Å². The summed E-state index contributed by atoms with van der Waals surface area (Å²) in [6, 6.07) is 20.0. The zero-order valence-corrected chi connectivity index (χ0v) is 19.5. The summed E-state index contributed by atoms with van der Waals surface area (Å²) < 4.78 is 13.2. The molecule has 1 saturated heterocycles. The summed E-state index contributed by atoms with van der Waals surface area (Å²) in [4.78, 5) is 22.0. The normalized spacial score (nSPS) is 13.9. The fourth-order valence-corrected chi connectivity index (χ4v) is 4.44. The van der Waals surface area contributed by atoms with Crippen LogP contribution in [-0.2, 0) is 0 Å². The Kier molecular flexibility index (Phi) is 6.07. The monoisotopic (exact) mass is 474 g/mol. The zero-order valence-electron chi connectivity index (χ0n) is 18.8. The number of halogens is 2. The Bertz CT molecular complexity index is 1350. The Hall–Kier alpha value is -3.64. The molecule has 2 heterocycles. The molecule has 1 aliphatic heterocycles. The number of hydrogen-bond donors (Lipinski definition) is 1. The number of anilines is 3. The summed E-state index contributed by atoms with van der Waals surface area (Å²) in [5, 5.41) is 5.74. The zero-order chi connectivity index (χ0) is 23.7. The average Bonchev–Trinajstić information content (AvgIpc) is 2.87. The van der Waals surface area contributed by atoms with Gasteiger partial charge in [-0.15, -0.1) is 0 Å². The minimum Gasteiger partial charge on any atom is -0.368 e. The van der Waals surface area contributed by atoms with Crippen LogP contribution in [0.15, 0.2) is 72.9 Å². The summed E-state index contributed by atoms with van der Waals surface area (Å²) >= 11 is 6.28. The van der Waals surface area contributed by atoms with E-state index < -0.39 is 0 Å². The molecule has 0 saturated carbocycles. The molecule has 1 aliphatic rings. The summed E-state index contributed by atoms with van der Waals surface area (Å²) in [6.45, 7) is 4.52. The van der Waals surface area contributed by atoms with Crippen molar-refractivity contribution in [1.82, 2.24) is 9.88 Å². The standard InChI is InChI=1S/C27H24ClFN4O/c1-18-6-9-20(16-25(18)28)31-26-23-5-3-2-4-22(23)24(17-30-26)27(34)33-14-12-32(13-15-33)21-10-7-19(29)8-11-21/h2-11,16-17H,12-15H2,1H3,(H,30,31). The molecule has 0 bridgehead atoms. The second kappa shape index (κ2) is 9.31. The minimum absolute atomic E-state index is 0.0348. The molecule has 34 heavy (non-hydrogen) atoms. The third-order valence-electron chi connectivity index (χ3n) is 6.22. The highest BCUT2D eigenvalue weighted by Crippen LogP contribution is 2.29. The smallest absolute Gasteiger partial charge is 0.256 e. The number of aryl methyl sites for hydroxylation is 1. The Balaban J connectivity index is 1.36. The van der Waals surface area contributed by atoms with Gasteiger partial charge in [0, 0.05) is 54.2 Å². The van der Waals surface area contributed by atoms with Crippen molar-refractivity contribution >= 4 is 45.5 Å². The van der Waals surface area contributed by atoms with Gasteiger partial charge in [0.1, 0.15) is 11.6 Å². The van der Waals surface area contributed by atoms with Gasteiger partial charge in [0.25, 0.3) is 5.91 Å². The Morgan fingerprint density at radius 3 is 2.38 bits per heavy atom.